The van der Waals surface area contributed by atoms with Crippen LogP contribution in [0.5, 0.6) is 0 Å². The molecule has 0 spiro atoms. The number of nitrogens with zero attached hydrogens (tertiary/aromatic N) is 1. The van der Waals surface area contributed by atoms with E-state index in [0.717, 1.165) is 5.69 Å². The Hall–Kier alpha value is -1.63. The van der Waals surface area contributed by atoms with E-state index in [2.05, 4.69) is 23.2 Å². The Morgan fingerprint density at radius 3 is 2.13 bits per heavy atom. The van der Waals surface area contributed by atoms with Gasteiger partial charge in [0.15, 0.2) is 0 Å². The third-order valence-electron chi connectivity index (χ3n) is 2.00. The minimum Gasteiger partial charge on any atom is -0.262 e. The first-order valence-corrected chi connectivity index (χ1v) is 5.34. The van der Waals surface area contributed by atoms with Gasteiger partial charge in [-0.25, -0.2) is 0 Å². The van der Waals surface area contributed by atoms with Crippen LogP contribution in [-0.2, 0) is 0 Å². The average Bonchev–Trinajstić information content (AvgIpc) is 2.33. The zero-order valence-corrected chi connectivity index (χ0v) is 9.57. The maximum absolute atomic E-state index is 4.17. The van der Waals surface area contributed by atoms with Crippen LogP contribution in [0.2, 0.25) is 0 Å². The van der Waals surface area contributed by atoms with Gasteiger partial charge in [-0.1, -0.05) is 44.2 Å². The van der Waals surface area contributed by atoms with E-state index in [1.807, 2.05) is 51.2 Å². The molecule has 0 aliphatic rings. The third-order valence-corrected chi connectivity index (χ3v) is 2.00. The van der Waals surface area contributed by atoms with Gasteiger partial charge in [-0.3, -0.25) is 4.98 Å². The fourth-order valence-corrected chi connectivity index (χ4v) is 1.36. The largest absolute Gasteiger partial charge is 0.262 e. The van der Waals surface area contributed by atoms with E-state index in [4.69, 9.17) is 0 Å². The van der Waals surface area contributed by atoms with Crippen LogP contribution in [-0.4, -0.2) is 4.98 Å². The summed E-state index contributed by atoms with van der Waals surface area (Å²) in [4.78, 5) is 4.17. The van der Waals surface area contributed by atoms with Crippen LogP contribution >= 0.6 is 0 Å². The molecule has 1 aromatic heterocycles. The number of aromatic nitrogens is 1. The van der Waals surface area contributed by atoms with Gasteiger partial charge in [0.1, 0.15) is 0 Å². The molecule has 1 heteroatoms. The lowest BCUT2D eigenvalue weighted by Gasteiger charge is -2.00. The van der Waals surface area contributed by atoms with Gasteiger partial charge in [0.05, 0.1) is 0 Å². The molecule has 0 aliphatic carbocycles. The number of hydrogen-bond acceptors (Lipinski definition) is 1. The highest BCUT2D eigenvalue weighted by atomic mass is 14.6. The van der Waals surface area contributed by atoms with Crippen LogP contribution in [0, 0.1) is 6.92 Å². The van der Waals surface area contributed by atoms with E-state index in [-0.39, 0.29) is 0 Å². The van der Waals surface area contributed by atoms with Crippen molar-refractivity contribution in [3.05, 3.63) is 54.4 Å². The quantitative estimate of drug-likeness (QED) is 0.674. The molecule has 0 radical (unpaired) electrons. The summed E-state index contributed by atoms with van der Waals surface area (Å²) in [5.74, 6) is 0. The highest BCUT2D eigenvalue weighted by Crippen LogP contribution is 2.18. The van der Waals surface area contributed by atoms with Crippen LogP contribution in [0.25, 0.3) is 11.1 Å². The molecule has 2 rings (SSSR count). The Bertz CT molecular complexity index is 393. The van der Waals surface area contributed by atoms with Crippen LogP contribution in [0.1, 0.15) is 19.5 Å². The van der Waals surface area contributed by atoms with Crippen LogP contribution < -0.4 is 0 Å². The van der Waals surface area contributed by atoms with Crippen molar-refractivity contribution in [2.75, 3.05) is 0 Å². The topological polar surface area (TPSA) is 12.9 Å². The minimum absolute atomic E-state index is 1.06. The molecule has 0 saturated carbocycles. The molecule has 0 N–H and O–H groups in total. The SMILES string of the molecule is CC.Cc1cc(-c2ccccc2)ccn1. The van der Waals surface area contributed by atoms with Crippen molar-refractivity contribution < 1.29 is 0 Å². The fourth-order valence-electron chi connectivity index (χ4n) is 1.36. The van der Waals surface area contributed by atoms with Gasteiger partial charge >= 0.3 is 0 Å². The molecular formula is C14H17N. The lowest BCUT2D eigenvalue weighted by atomic mass is 10.1. The molecule has 2 aromatic rings. The van der Waals surface area contributed by atoms with Gasteiger partial charge < -0.3 is 0 Å². The Labute approximate surface area is 91.8 Å². The van der Waals surface area contributed by atoms with Gasteiger partial charge in [0.25, 0.3) is 0 Å². The highest BCUT2D eigenvalue weighted by molar-refractivity contribution is 5.62. The molecule has 0 bridgehead atoms. The van der Waals surface area contributed by atoms with Gasteiger partial charge in [0, 0.05) is 11.9 Å². The van der Waals surface area contributed by atoms with Gasteiger partial charge in [0.2, 0.25) is 0 Å². The lowest BCUT2D eigenvalue weighted by Crippen LogP contribution is -1.81. The molecule has 0 saturated heterocycles. The summed E-state index contributed by atoms with van der Waals surface area (Å²) in [6.07, 6.45) is 1.84. The van der Waals surface area contributed by atoms with Crippen molar-refractivity contribution in [2.24, 2.45) is 0 Å². The Morgan fingerprint density at radius 1 is 0.867 bits per heavy atom. The smallest absolute Gasteiger partial charge is 0.0378 e. The molecule has 0 fully saturated rings. The van der Waals surface area contributed by atoms with Crippen molar-refractivity contribution in [3.63, 3.8) is 0 Å². The molecule has 1 aromatic carbocycles. The fraction of sp³-hybridized carbons (Fsp3) is 0.214. The van der Waals surface area contributed by atoms with E-state index >= 15 is 0 Å². The van der Waals surface area contributed by atoms with Gasteiger partial charge in [-0.05, 0) is 30.2 Å². The van der Waals surface area contributed by atoms with Crippen molar-refractivity contribution in [3.8, 4) is 11.1 Å². The second-order valence-electron chi connectivity index (χ2n) is 3.05. The van der Waals surface area contributed by atoms with Crippen LogP contribution in [0.3, 0.4) is 0 Å². The monoisotopic (exact) mass is 199 g/mol. The Kier molecular flexibility index (Phi) is 4.55. The first-order chi connectivity index (χ1) is 7.36. The summed E-state index contributed by atoms with van der Waals surface area (Å²) in [7, 11) is 0. The maximum atomic E-state index is 4.17. The molecule has 0 unspecified atom stereocenters. The number of hydrogen-bond donors (Lipinski definition) is 0. The maximum Gasteiger partial charge on any atom is 0.0378 e. The lowest BCUT2D eigenvalue weighted by molar-refractivity contribution is 1.20. The summed E-state index contributed by atoms with van der Waals surface area (Å²) < 4.78 is 0. The second-order valence-corrected chi connectivity index (χ2v) is 3.05. The summed E-state index contributed by atoms with van der Waals surface area (Å²) in [6, 6.07) is 14.5. The molecule has 1 nitrogen and oxygen atoms in total. The second kappa shape index (κ2) is 5.97. The summed E-state index contributed by atoms with van der Waals surface area (Å²) in [5, 5.41) is 0. The van der Waals surface area contributed by atoms with Crippen molar-refractivity contribution in [1.29, 1.82) is 0 Å². The Morgan fingerprint density at radius 2 is 1.53 bits per heavy atom. The van der Waals surface area contributed by atoms with E-state index in [1.54, 1.807) is 0 Å². The van der Waals surface area contributed by atoms with Crippen molar-refractivity contribution in [1.82, 2.24) is 4.98 Å². The minimum atomic E-state index is 1.06. The summed E-state index contributed by atoms with van der Waals surface area (Å²) in [5.41, 5.74) is 3.53. The standard InChI is InChI=1S/C12H11N.C2H6/c1-10-9-12(7-8-13-10)11-5-3-2-4-6-11;1-2/h2-9H,1H3;1-2H3. The highest BCUT2D eigenvalue weighted by Gasteiger charge is 1.95. The number of aryl methyl sites for hydroxylation is 1. The zero-order valence-electron chi connectivity index (χ0n) is 9.57. The van der Waals surface area contributed by atoms with Crippen LogP contribution in [0.15, 0.2) is 48.7 Å². The van der Waals surface area contributed by atoms with Gasteiger partial charge in [-0.2, -0.15) is 0 Å². The molecule has 78 valence electrons. The third kappa shape index (κ3) is 3.21. The Balaban J connectivity index is 0.000000531. The first-order valence-electron chi connectivity index (χ1n) is 5.34. The van der Waals surface area contributed by atoms with Gasteiger partial charge in [-0.15, -0.1) is 0 Å². The molecule has 0 amide bonds. The first kappa shape index (κ1) is 11.4. The molecular weight excluding hydrogens is 182 g/mol. The predicted octanol–water partition coefficient (Wildman–Crippen LogP) is 4.08. The van der Waals surface area contributed by atoms with E-state index < -0.39 is 0 Å². The van der Waals surface area contributed by atoms with E-state index in [1.165, 1.54) is 11.1 Å². The number of rotatable bonds is 1. The zero-order chi connectivity index (χ0) is 11.1. The summed E-state index contributed by atoms with van der Waals surface area (Å²) in [6.45, 7) is 6.01. The normalized spacial score (nSPS) is 9.00. The van der Waals surface area contributed by atoms with Crippen molar-refractivity contribution >= 4 is 0 Å². The predicted molar refractivity (Wildman–Crippen MR) is 65.8 cm³/mol. The summed E-state index contributed by atoms with van der Waals surface area (Å²) >= 11 is 0. The molecule has 15 heavy (non-hydrogen) atoms. The van der Waals surface area contributed by atoms with Crippen molar-refractivity contribution in [2.45, 2.75) is 20.8 Å². The molecule has 0 atom stereocenters. The van der Waals surface area contributed by atoms with Crippen LogP contribution in [0.4, 0.5) is 0 Å². The number of benzene rings is 1. The average molecular weight is 199 g/mol. The molecule has 1 heterocycles. The van der Waals surface area contributed by atoms with E-state index in [9.17, 15) is 0 Å². The number of pyridine rings is 1. The molecule has 0 aliphatic heterocycles. The van der Waals surface area contributed by atoms with E-state index in [0.29, 0.717) is 0 Å².